The Morgan fingerprint density at radius 2 is 2.04 bits per heavy atom. The molecule has 0 radical (unpaired) electrons. The number of carboxylic acids is 1. The predicted molar refractivity (Wildman–Crippen MR) is 98.2 cm³/mol. The van der Waals surface area contributed by atoms with Crippen molar-refractivity contribution in [3.05, 3.63) is 64.7 Å². The lowest BCUT2D eigenvalue weighted by Gasteiger charge is -2.38. The highest BCUT2D eigenvalue weighted by Gasteiger charge is 2.32. The molecule has 0 amide bonds. The van der Waals surface area contributed by atoms with Gasteiger partial charge in [-0.1, -0.05) is 41.9 Å². The van der Waals surface area contributed by atoms with Gasteiger partial charge in [0, 0.05) is 17.1 Å². The molecule has 2 aromatic rings. The maximum absolute atomic E-state index is 11.5. The van der Waals surface area contributed by atoms with Crippen LogP contribution in [0.5, 0.6) is 5.75 Å². The van der Waals surface area contributed by atoms with Crippen LogP contribution in [0.2, 0.25) is 5.02 Å². The number of benzene rings is 2. The first-order valence-corrected chi connectivity index (χ1v) is 8.83. The molecule has 0 saturated carbocycles. The summed E-state index contributed by atoms with van der Waals surface area (Å²) in [5, 5.41) is 10.1. The average molecular weight is 360 g/mol. The first-order chi connectivity index (χ1) is 12.1. The van der Waals surface area contributed by atoms with Crippen molar-refractivity contribution in [2.24, 2.45) is 5.92 Å². The third-order valence-corrected chi connectivity index (χ3v) is 5.00. The smallest absolute Gasteiger partial charge is 0.307 e. The Hall–Kier alpha value is -2.04. The fourth-order valence-corrected chi connectivity index (χ4v) is 3.76. The van der Waals surface area contributed by atoms with Crippen molar-refractivity contribution in [3.8, 4) is 5.75 Å². The summed E-state index contributed by atoms with van der Waals surface area (Å²) < 4.78 is 5.57. The highest BCUT2D eigenvalue weighted by Crippen LogP contribution is 2.38. The third kappa shape index (κ3) is 3.97. The molecule has 2 aromatic carbocycles. The van der Waals surface area contributed by atoms with Crippen molar-refractivity contribution >= 4 is 17.6 Å². The van der Waals surface area contributed by atoms with E-state index in [1.165, 1.54) is 0 Å². The van der Waals surface area contributed by atoms with E-state index in [0.717, 1.165) is 36.3 Å². The number of halogens is 1. The molecular formula is C20H22ClNO3. The Morgan fingerprint density at radius 1 is 1.28 bits per heavy atom. The maximum Gasteiger partial charge on any atom is 0.307 e. The normalized spacial score (nSPS) is 19.4. The van der Waals surface area contributed by atoms with Crippen molar-refractivity contribution in [2.75, 3.05) is 20.2 Å². The first kappa shape index (κ1) is 17.8. The summed E-state index contributed by atoms with van der Waals surface area (Å²) in [5.74, 6) is -0.310. The monoisotopic (exact) mass is 359 g/mol. The summed E-state index contributed by atoms with van der Waals surface area (Å²) >= 11 is 6.26. The van der Waals surface area contributed by atoms with Gasteiger partial charge in [-0.15, -0.1) is 0 Å². The molecule has 4 nitrogen and oxygen atoms in total. The molecule has 2 atom stereocenters. The number of likely N-dealkylation sites (tertiary alicyclic amines) is 1. The average Bonchev–Trinajstić information content (AvgIpc) is 2.63. The highest BCUT2D eigenvalue weighted by atomic mass is 35.5. The van der Waals surface area contributed by atoms with E-state index in [1.54, 1.807) is 7.11 Å². The zero-order chi connectivity index (χ0) is 17.8. The Kier molecular flexibility index (Phi) is 5.61. The summed E-state index contributed by atoms with van der Waals surface area (Å²) in [6.45, 7) is 1.36. The molecule has 0 spiro atoms. The Bertz CT molecular complexity index is 735. The molecule has 132 valence electrons. The number of nitrogens with zero attached hydrogens (tertiary/aromatic N) is 1. The van der Waals surface area contributed by atoms with E-state index in [4.69, 9.17) is 16.3 Å². The van der Waals surface area contributed by atoms with Crippen LogP contribution in [0.15, 0.2) is 48.5 Å². The van der Waals surface area contributed by atoms with Crippen LogP contribution < -0.4 is 4.74 Å². The molecule has 1 aliphatic rings. The minimum absolute atomic E-state index is 0.0861. The van der Waals surface area contributed by atoms with Crippen molar-refractivity contribution in [2.45, 2.75) is 18.9 Å². The summed E-state index contributed by atoms with van der Waals surface area (Å²) in [6, 6.07) is 15.6. The number of rotatable bonds is 5. The molecule has 1 N–H and O–H groups in total. The minimum Gasteiger partial charge on any atom is -0.496 e. The van der Waals surface area contributed by atoms with Gasteiger partial charge in [-0.2, -0.15) is 0 Å². The van der Waals surface area contributed by atoms with Gasteiger partial charge >= 0.3 is 5.97 Å². The quantitative estimate of drug-likeness (QED) is 0.867. The molecule has 1 saturated heterocycles. The van der Waals surface area contributed by atoms with Gasteiger partial charge in [0.15, 0.2) is 0 Å². The lowest BCUT2D eigenvalue weighted by atomic mass is 9.91. The van der Waals surface area contributed by atoms with E-state index in [9.17, 15) is 9.90 Å². The molecule has 3 rings (SSSR count). The fourth-order valence-electron chi connectivity index (χ4n) is 3.58. The molecule has 0 aromatic heterocycles. The molecule has 0 bridgehead atoms. The number of piperidine rings is 1. The van der Waals surface area contributed by atoms with E-state index in [-0.39, 0.29) is 12.0 Å². The summed E-state index contributed by atoms with van der Waals surface area (Å²) in [7, 11) is 1.64. The van der Waals surface area contributed by atoms with Crippen molar-refractivity contribution < 1.29 is 14.6 Å². The fraction of sp³-hybridized carbons (Fsp3) is 0.350. The number of methoxy groups -OCH3 is 1. The summed E-state index contributed by atoms with van der Waals surface area (Å²) in [6.07, 6.45) is 1.59. The first-order valence-electron chi connectivity index (χ1n) is 8.45. The molecule has 5 heteroatoms. The van der Waals surface area contributed by atoms with Crippen molar-refractivity contribution in [1.82, 2.24) is 4.90 Å². The van der Waals surface area contributed by atoms with Crippen LogP contribution in [-0.4, -0.2) is 36.2 Å². The third-order valence-electron chi connectivity index (χ3n) is 4.77. The second-order valence-electron chi connectivity index (χ2n) is 6.37. The second kappa shape index (κ2) is 7.89. The van der Waals surface area contributed by atoms with Crippen molar-refractivity contribution in [1.29, 1.82) is 0 Å². The molecule has 2 unspecified atom stereocenters. The molecular weight excluding hydrogens is 338 g/mol. The highest BCUT2D eigenvalue weighted by molar-refractivity contribution is 6.30. The van der Waals surface area contributed by atoms with E-state index in [2.05, 4.69) is 17.0 Å². The number of carboxylic acid groups (broad SMARTS) is 1. The maximum atomic E-state index is 11.5. The van der Waals surface area contributed by atoms with Gasteiger partial charge in [-0.25, -0.2) is 0 Å². The van der Waals surface area contributed by atoms with Gasteiger partial charge in [0.1, 0.15) is 5.75 Å². The minimum atomic E-state index is -0.727. The van der Waals surface area contributed by atoms with Gasteiger partial charge < -0.3 is 9.84 Å². The Labute approximate surface area is 153 Å². The van der Waals surface area contributed by atoms with Crippen molar-refractivity contribution in [3.63, 3.8) is 0 Å². The van der Waals surface area contributed by atoms with E-state index in [0.29, 0.717) is 11.6 Å². The molecule has 1 aliphatic heterocycles. The molecule has 1 fully saturated rings. The standard InChI is InChI=1S/C20H22ClNO3/c1-25-18-10-9-16(21)12-17(18)19(14-6-3-2-4-7-14)22-11-5-8-15(13-22)20(23)24/h2-4,6-7,9-10,12,15,19H,5,8,11,13H2,1H3,(H,23,24). The van der Waals surface area contributed by atoms with Gasteiger partial charge in [-0.05, 0) is 43.1 Å². The number of carbonyl (C=O) groups is 1. The van der Waals surface area contributed by atoms with Gasteiger partial charge in [0.25, 0.3) is 0 Å². The van der Waals surface area contributed by atoms with E-state index < -0.39 is 5.97 Å². The molecule has 1 heterocycles. The molecule has 25 heavy (non-hydrogen) atoms. The van der Waals surface area contributed by atoms with Crippen LogP contribution in [-0.2, 0) is 4.79 Å². The summed E-state index contributed by atoms with van der Waals surface area (Å²) in [4.78, 5) is 13.7. The number of hydrogen-bond donors (Lipinski definition) is 1. The second-order valence-corrected chi connectivity index (χ2v) is 6.81. The van der Waals surface area contributed by atoms with Gasteiger partial charge in [-0.3, -0.25) is 9.69 Å². The predicted octanol–water partition coefficient (Wildman–Crippen LogP) is 4.23. The van der Waals surface area contributed by atoms with Gasteiger partial charge in [0.05, 0.1) is 19.1 Å². The zero-order valence-corrected chi connectivity index (χ0v) is 14.9. The van der Waals surface area contributed by atoms with Crippen LogP contribution >= 0.6 is 11.6 Å². The number of aliphatic carboxylic acids is 1. The summed E-state index contributed by atoms with van der Waals surface area (Å²) in [5.41, 5.74) is 2.07. The van der Waals surface area contributed by atoms with Crippen LogP contribution in [0.4, 0.5) is 0 Å². The van der Waals surface area contributed by atoms with Crippen LogP contribution in [0.1, 0.15) is 30.0 Å². The topological polar surface area (TPSA) is 49.8 Å². The van der Waals surface area contributed by atoms with Crippen LogP contribution in [0.25, 0.3) is 0 Å². The SMILES string of the molecule is COc1ccc(Cl)cc1C(c1ccccc1)N1CCCC(C(=O)O)C1. The lowest BCUT2D eigenvalue weighted by Crippen LogP contribution is -2.41. The Morgan fingerprint density at radius 3 is 2.72 bits per heavy atom. The molecule has 0 aliphatic carbocycles. The number of hydrogen-bond acceptors (Lipinski definition) is 3. The lowest BCUT2D eigenvalue weighted by molar-refractivity contribution is -0.143. The van der Waals surface area contributed by atoms with Crippen LogP contribution in [0.3, 0.4) is 0 Å². The van der Waals surface area contributed by atoms with Gasteiger partial charge in [0.2, 0.25) is 0 Å². The van der Waals surface area contributed by atoms with E-state index in [1.807, 2.05) is 36.4 Å². The number of ether oxygens (including phenoxy) is 1. The van der Waals surface area contributed by atoms with Crippen LogP contribution in [0, 0.1) is 5.92 Å². The zero-order valence-electron chi connectivity index (χ0n) is 14.2. The van der Waals surface area contributed by atoms with E-state index >= 15 is 0 Å². The Balaban J connectivity index is 2.05. The largest absolute Gasteiger partial charge is 0.496 e.